The lowest BCUT2D eigenvalue weighted by Crippen LogP contribution is -2.50. The van der Waals surface area contributed by atoms with Gasteiger partial charge in [0.2, 0.25) is 0 Å². The molecular weight excluding hydrogens is 402 g/mol. The Morgan fingerprint density at radius 3 is 2.47 bits per heavy atom. The van der Waals surface area contributed by atoms with Crippen LogP contribution in [0.3, 0.4) is 0 Å². The zero-order valence-corrected chi connectivity index (χ0v) is 18.0. The van der Waals surface area contributed by atoms with E-state index in [0.717, 1.165) is 39.9 Å². The minimum Gasteiger partial charge on any atom is -0.497 e. The molecule has 0 aliphatic carbocycles. The first-order valence-electron chi connectivity index (χ1n) is 10.00. The molecule has 0 saturated carbocycles. The van der Waals surface area contributed by atoms with Crippen LogP contribution in [-0.4, -0.2) is 62.3 Å². The number of para-hydroxylation sites is 1. The molecule has 0 N–H and O–H groups in total. The quantitative estimate of drug-likeness (QED) is 0.576. The van der Waals surface area contributed by atoms with Crippen molar-refractivity contribution in [2.24, 2.45) is 0 Å². The summed E-state index contributed by atoms with van der Waals surface area (Å²) in [7, 11) is 1.62. The molecule has 2 aromatic carbocycles. The number of hydrogen-bond acceptors (Lipinski definition) is 7. The molecule has 1 saturated heterocycles. The highest BCUT2D eigenvalue weighted by atomic mass is 32.1. The van der Waals surface area contributed by atoms with E-state index in [0.29, 0.717) is 25.4 Å². The van der Waals surface area contributed by atoms with Gasteiger partial charge in [-0.2, -0.15) is 0 Å². The van der Waals surface area contributed by atoms with Gasteiger partial charge in [0.25, 0.3) is 5.91 Å². The number of rotatable bonds is 7. The van der Waals surface area contributed by atoms with Crippen LogP contribution in [0.15, 0.2) is 42.5 Å². The van der Waals surface area contributed by atoms with Gasteiger partial charge in [-0.1, -0.05) is 17.4 Å². The van der Waals surface area contributed by atoms with Crippen LogP contribution in [-0.2, 0) is 4.79 Å². The van der Waals surface area contributed by atoms with Gasteiger partial charge >= 0.3 is 0 Å². The number of carbonyl (C=O) groups excluding carboxylic acids is 1. The summed E-state index contributed by atoms with van der Waals surface area (Å²) in [6.07, 6.45) is 0. The average molecular weight is 428 g/mol. The van der Waals surface area contributed by atoms with Crippen molar-refractivity contribution in [2.45, 2.75) is 6.92 Å². The van der Waals surface area contributed by atoms with E-state index in [9.17, 15) is 4.79 Å². The number of amides is 1. The lowest BCUT2D eigenvalue weighted by molar-refractivity contribution is -0.133. The zero-order chi connectivity index (χ0) is 20.9. The van der Waals surface area contributed by atoms with Crippen LogP contribution in [0.2, 0.25) is 0 Å². The topological polar surface area (TPSA) is 64.1 Å². The van der Waals surface area contributed by atoms with E-state index in [2.05, 4.69) is 11.0 Å². The van der Waals surface area contributed by atoms with Crippen LogP contribution < -0.4 is 19.1 Å². The van der Waals surface area contributed by atoms with Gasteiger partial charge < -0.3 is 24.0 Å². The van der Waals surface area contributed by atoms with Crippen molar-refractivity contribution in [2.75, 3.05) is 51.4 Å². The van der Waals surface area contributed by atoms with Crippen molar-refractivity contribution < 1.29 is 19.0 Å². The molecule has 3 aromatic rings. The summed E-state index contributed by atoms with van der Waals surface area (Å²) in [5.41, 5.74) is 0.908. The first-order valence-corrected chi connectivity index (χ1v) is 10.8. The average Bonchev–Trinajstić information content (AvgIpc) is 3.23. The predicted octanol–water partition coefficient (Wildman–Crippen LogP) is 3.43. The Labute approximate surface area is 179 Å². The fourth-order valence-corrected chi connectivity index (χ4v) is 4.41. The second-order valence-corrected chi connectivity index (χ2v) is 7.87. The normalized spacial score (nSPS) is 14.1. The van der Waals surface area contributed by atoms with Crippen molar-refractivity contribution in [3.8, 4) is 17.2 Å². The van der Waals surface area contributed by atoms with E-state index in [1.54, 1.807) is 30.6 Å². The fraction of sp³-hybridized carbons (Fsp3) is 0.364. The Morgan fingerprint density at radius 2 is 1.77 bits per heavy atom. The number of ether oxygens (including phenoxy) is 3. The lowest BCUT2D eigenvalue weighted by Gasteiger charge is -2.34. The molecule has 7 nitrogen and oxygen atoms in total. The van der Waals surface area contributed by atoms with E-state index in [-0.39, 0.29) is 12.5 Å². The number of piperazine rings is 1. The van der Waals surface area contributed by atoms with Crippen molar-refractivity contribution in [3.05, 3.63) is 42.5 Å². The van der Waals surface area contributed by atoms with Gasteiger partial charge in [-0.05, 0) is 43.3 Å². The number of aromatic nitrogens is 1. The molecule has 30 heavy (non-hydrogen) atoms. The Kier molecular flexibility index (Phi) is 6.23. The summed E-state index contributed by atoms with van der Waals surface area (Å²) in [5, 5.41) is 0.971. The van der Waals surface area contributed by atoms with Gasteiger partial charge in [0, 0.05) is 26.2 Å². The Bertz CT molecular complexity index is 997. The number of anilines is 1. The van der Waals surface area contributed by atoms with Crippen molar-refractivity contribution in [1.82, 2.24) is 9.88 Å². The largest absolute Gasteiger partial charge is 0.497 e. The molecule has 158 valence electrons. The predicted molar refractivity (Wildman–Crippen MR) is 118 cm³/mol. The van der Waals surface area contributed by atoms with Gasteiger partial charge in [0.15, 0.2) is 11.7 Å². The molecule has 1 aliphatic rings. The summed E-state index contributed by atoms with van der Waals surface area (Å²) in [4.78, 5) is 21.4. The summed E-state index contributed by atoms with van der Waals surface area (Å²) in [6.45, 7) is 5.42. The Hall–Kier alpha value is -3.00. The van der Waals surface area contributed by atoms with Crippen molar-refractivity contribution >= 4 is 32.6 Å². The SMILES string of the molecule is CCOc1cccc2sc(N3CCN(C(=O)COc4ccc(OC)cc4)CC3)nc12. The molecule has 2 heterocycles. The minimum atomic E-state index is -0.00611. The first-order chi connectivity index (χ1) is 14.7. The molecule has 0 radical (unpaired) electrons. The summed E-state index contributed by atoms with van der Waals surface area (Å²) in [5.74, 6) is 2.23. The number of methoxy groups -OCH3 is 1. The number of nitrogens with zero attached hydrogens (tertiary/aromatic N) is 3. The van der Waals surface area contributed by atoms with E-state index in [1.165, 1.54) is 0 Å². The second-order valence-electron chi connectivity index (χ2n) is 6.86. The third kappa shape index (κ3) is 4.43. The third-order valence-corrected chi connectivity index (χ3v) is 6.08. The fourth-order valence-electron chi connectivity index (χ4n) is 3.37. The van der Waals surface area contributed by atoms with Crippen molar-refractivity contribution in [1.29, 1.82) is 0 Å². The van der Waals surface area contributed by atoms with Gasteiger partial charge in [0.1, 0.15) is 22.8 Å². The zero-order valence-electron chi connectivity index (χ0n) is 17.2. The molecule has 4 rings (SSSR count). The summed E-state index contributed by atoms with van der Waals surface area (Å²) in [6, 6.07) is 13.2. The van der Waals surface area contributed by atoms with E-state index < -0.39 is 0 Å². The molecular formula is C22H25N3O4S. The highest BCUT2D eigenvalue weighted by Crippen LogP contribution is 2.34. The molecule has 1 aromatic heterocycles. The standard InChI is InChI=1S/C22H25N3O4S/c1-3-28-18-5-4-6-19-21(18)23-22(30-19)25-13-11-24(12-14-25)20(26)15-29-17-9-7-16(27-2)8-10-17/h4-10H,3,11-15H2,1-2H3. The molecule has 0 bridgehead atoms. The van der Waals surface area contributed by atoms with Gasteiger partial charge in [-0.15, -0.1) is 0 Å². The maximum Gasteiger partial charge on any atom is 0.260 e. The second kappa shape index (κ2) is 9.21. The molecule has 8 heteroatoms. The summed E-state index contributed by atoms with van der Waals surface area (Å²) < 4.78 is 17.6. The van der Waals surface area contributed by atoms with Gasteiger partial charge in [-0.25, -0.2) is 4.98 Å². The van der Waals surface area contributed by atoms with Crippen LogP contribution in [0.4, 0.5) is 5.13 Å². The monoisotopic (exact) mass is 427 g/mol. The van der Waals surface area contributed by atoms with Crippen LogP contribution in [0, 0.1) is 0 Å². The van der Waals surface area contributed by atoms with E-state index >= 15 is 0 Å². The van der Waals surface area contributed by atoms with Crippen LogP contribution in [0.1, 0.15) is 6.92 Å². The minimum absolute atomic E-state index is 0.00611. The number of carbonyl (C=O) groups is 1. The maximum atomic E-state index is 12.5. The highest BCUT2D eigenvalue weighted by molar-refractivity contribution is 7.22. The lowest BCUT2D eigenvalue weighted by atomic mass is 10.3. The number of thiazole rings is 1. The molecule has 0 unspecified atom stereocenters. The number of fused-ring (bicyclic) bond motifs is 1. The molecule has 0 atom stereocenters. The van der Waals surface area contributed by atoms with Crippen LogP contribution >= 0.6 is 11.3 Å². The van der Waals surface area contributed by atoms with Gasteiger partial charge in [-0.3, -0.25) is 4.79 Å². The van der Waals surface area contributed by atoms with Crippen molar-refractivity contribution in [3.63, 3.8) is 0 Å². The third-order valence-electron chi connectivity index (χ3n) is 5.00. The molecule has 1 aliphatic heterocycles. The van der Waals surface area contributed by atoms with E-state index in [1.807, 2.05) is 36.1 Å². The number of benzene rings is 2. The highest BCUT2D eigenvalue weighted by Gasteiger charge is 2.24. The summed E-state index contributed by atoms with van der Waals surface area (Å²) >= 11 is 1.66. The molecule has 0 spiro atoms. The smallest absolute Gasteiger partial charge is 0.260 e. The van der Waals surface area contributed by atoms with Gasteiger partial charge in [0.05, 0.1) is 18.4 Å². The Morgan fingerprint density at radius 1 is 1.03 bits per heavy atom. The van der Waals surface area contributed by atoms with Crippen LogP contribution in [0.5, 0.6) is 17.2 Å². The Balaban J connectivity index is 1.32. The van der Waals surface area contributed by atoms with E-state index in [4.69, 9.17) is 19.2 Å². The maximum absolute atomic E-state index is 12.5. The number of hydrogen-bond donors (Lipinski definition) is 0. The van der Waals surface area contributed by atoms with Crippen LogP contribution in [0.25, 0.3) is 10.2 Å². The molecule has 1 amide bonds. The first kappa shape index (κ1) is 20.3. The molecule has 1 fully saturated rings.